The first-order valence-corrected chi connectivity index (χ1v) is 14.6. The van der Waals surface area contributed by atoms with Gasteiger partial charge in [-0.1, -0.05) is 60.9 Å². The summed E-state index contributed by atoms with van der Waals surface area (Å²) in [6, 6.07) is 21.6. The van der Waals surface area contributed by atoms with E-state index in [0.29, 0.717) is 40.3 Å². The number of ether oxygens (including phenoxy) is 3. The lowest BCUT2D eigenvalue weighted by molar-refractivity contribution is -0.122. The third kappa shape index (κ3) is 6.27. The van der Waals surface area contributed by atoms with Gasteiger partial charge in [-0.15, -0.1) is 0 Å². The molecule has 0 spiro atoms. The molecular formula is C33H31N3O4S2. The molecule has 2 heterocycles. The largest absolute Gasteiger partial charge is 0.493 e. The van der Waals surface area contributed by atoms with E-state index in [4.69, 9.17) is 31.5 Å². The van der Waals surface area contributed by atoms with Crippen molar-refractivity contribution in [3.05, 3.63) is 107 Å². The Bertz CT molecular complexity index is 1660. The van der Waals surface area contributed by atoms with Crippen LogP contribution in [-0.2, 0) is 11.2 Å². The summed E-state index contributed by atoms with van der Waals surface area (Å²) >= 11 is 6.94. The van der Waals surface area contributed by atoms with Crippen LogP contribution < -0.4 is 14.2 Å². The van der Waals surface area contributed by atoms with Gasteiger partial charge in [0.15, 0.2) is 11.5 Å². The molecule has 1 aliphatic rings. The molecule has 1 aromatic heterocycles. The summed E-state index contributed by atoms with van der Waals surface area (Å²) in [7, 11) is 3.21. The monoisotopic (exact) mass is 597 g/mol. The number of thioether (sulfide) groups is 1. The SMILES string of the molecule is C=CCOc1ccc(-c2nn(-c3ccccc3)cc2C=C2SC(=S)N(CCc3ccc(OC)c(OC)c3)C2=O)cc1C. The first kappa shape index (κ1) is 29.2. The number of thiocarbonyl (C=S) groups is 1. The Labute approximate surface area is 255 Å². The zero-order valence-corrected chi connectivity index (χ0v) is 25.3. The van der Waals surface area contributed by atoms with Gasteiger partial charge in [0, 0.05) is 23.9 Å². The molecule has 0 atom stereocenters. The molecule has 1 amide bonds. The van der Waals surface area contributed by atoms with Crippen molar-refractivity contribution in [2.45, 2.75) is 13.3 Å². The molecule has 0 saturated carbocycles. The quantitative estimate of drug-likeness (QED) is 0.106. The van der Waals surface area contributed by atoms with Gasteiger partial charge in [-0.2, -0.15) is 5.10 Å². The van der Waals surface area contributed by atoms with Crippen LogP contribution in [0.3, 0.4) is 0 Å². The summed E-state index contributed by atoms with van der Waals surface area (Å²) in [4.78, 5) is 15.8. The number of methoxy groups -OCH3 is 2. The zero-order chi connectivity index (χ0) is 29.6. The Morgan fingerprint density at radius 1 is 1.00 bits per heavy atom. The summed E-state index contributed by atoms with van der Waals surface area (Å²) < 4.78 is 18.9. The third-order valence-electron chi connectivity index (χ3n) is 6.80. The van der Waals surface area contributed by atoms with E-state index in [1.807, 2.05) is 90.6 Å². The standard InChI is InChI=1S/C33H31N3O4S2/c1-5-17-40-27-14-12-24(18-22(27)2)31-25(21-36(34-31)26-9-7-6-8-10-26)20-30-32(37)35(33(41)42-30)16-15-23-11-13-28(38-3)29(19-23)39-4/h5-14,18-21H,1,15-17H2,2-4H3. The fraction of sp³-hybridized carbons (Fsp3) is 0.182. The van der Waals surface area contributed by atoms with Crippen LogP contribution in [0.5, 0.6) is 17.2 Å². The van der Waals surface area contributed by atoms with Gasteiger partial charge in [0.05, 0.1) is 24.8 Å². The minimum absolute atomic E-state index is 0.117. The normalized spacial score (nSPS) is 14.0. The average molecular weight is 598 g/mol. The number of nitrogens with zero attached hydrogens (tertiary/aromatic N) is 3. The van der Waals surface area contributed by atoms with Crippen molar-refractivity contribution in [3.63, 3.8) is 0 Å². The van der Waals surface area contributed by atoms with Gasteiger partial charge in [-0.3, -0.25) is 9.69 Å². The van der Waals surface area contributed by atoms with Crippen LogP contribution in [-0.4, -0.2) is 52.3 Å². The van der Waals surface area contributed by atoms with E-state index in [2.05, 4.69) is 6.58 Å². The maximum atomic E-state index is 13.5. The minimum Gasteiger partial charge on any atom is -0.493 e. The molecule has 3 aromatic carbocycles. The number of rotatable bonds is 11. The second-order valence-electron chi connectivity index (χ2n) is 9.57. The predicted molar refractivity (Wildman–Crippen MR) is 173 cm³/mol. The van der Waals surface area contributed by atoms with Crippen LogP contribution in [0.25, 0.3) is 23.0 Å². The van der Waals surface area contributed by atoms with Crippen molar-refractivity contribution >= 4 is 40.3 Å². The molecule has 9 heteroatoms. The lowest BCUT2D eigenvalue weighted by Crippen LogP contribution is -2.30. The van der Waals surface area contributed by atoms with E-state index in [-0.39, 0.29) is 5.91 Å². The highest BCUT2D eigenvalue weighted by atomic mass is 32.2. The number of aromatic nitrogens is 2. The highest BCUT2D eigenvalue weighted by Gasteiger charge is 2.32. The molecular weight excluding hydrogens is 567 g/mol. The molecule has 214 valence electrons. The fourth-order valence-corrected chi connectivity index (χ4v) is 5.95. The summed E-state index contributed by atoms with van der Waals surface area (Å²) in [6.45, 7) is 6.61. The van der Waals surface area contributed by atoms with E-state index >= 15 is 0 Å². The number of para-hydroxylation sites is 1. The molecule has 0 bridgehead atoms. The van der Waals surface area contributed by atoms with E-state index in [9.17, 15) is 4.79 Å². The Balaban J connectivity index is 1.43. The van der Waals surface area contributed by atoms with Gasteiger partial charge < -0.3 is 14.2 Å². The van der Waals surface area contributed by atoms with Crippen molar-refractivity contribution in [1.82, 2.24) is 14.7 Å². The van der Waals surface area contributed by atoms with Gasteiger partial charge in [-0.25, -0.2) is 4.68 Å². The molecule has 5 rings (SSSR count). The summed E-state index contributed by atoms with van der Waals surface area (Å²) in [5.74, 6) is 1.99. The van der Waals surface area contributed by atoms with Gasteiger partial charge in [0.1, 0.15) is 22.4 Å². The first-order chi connectivity index (χ1) is 20.4. The lowest BCUT2D eigenvalue weighted by Gasteiger charge is -2.15. The number of benzene rings is 3. The molecule has 42 heavy (non-hydrogen) atoms. The minimum atomic E-state index is -0.117. The number of carbonyl (C=O) groups is 1. The molecule has 0 N–H and O–H groups in total. The van der Waals surface area contributed by atoms with Crippen molar-refractivity contribution in [3.8, 4) is 34.2 Å². The Morgan fingerprint density at radius 2 is 1.76 bits per heavy atom. The van der Waals surface area contributed by atoms with Gasteiger partial charge in [0.2, 0.25) is 0 Å². The molecule has 0 aliphatic carbocycles. The molecule has 4 aromatic rings. The first-order valence-electron chi connectivity index (χ1n) is 13.4. The number of amides is 1. The van der Waals surface area contributed by atoms with Gasteiger partial charge >= 0.3 is 0 Å². The highest BCUT2D eigenvalue weighted by Crippen LogP contribution is 2.36. The van der Waals surface area contributed by atoms with Crippen LogP contribution in [0, 0.1) is 6.92 Å². The van der Waals surface area contributed by atoms with Crippen LogP contribution in [0.2, 0.25) is 0 Å². The Kier molecular flexibility index (Phi) is 9.09. The molecule has 1 fully saturated rings. The molecule has 0 radical (unpaired) electrons. The smallest absolute Gasteiger partial charge is 0.266 e. The predicted octanol–water partition coefficient (Wildman–Crippen LogP) is 6.87. The van der Waals surface area contributed by atoms with Gasteiger partial charge in [0.25, 0.3) is 5.91 Å². The van der Waals surface area contributed by atoms with E-state index in [0.717, 1.165) is 39.4 Å². The highest BCUT2D eigenvalue weighted by molar-refractivity contribution is 8.26. The fourth-order valence-electron chi connectivity index (χ4n) is 4.65. The van der Waals surface area contributed by atoms with Crippen molar-refractivity contribution in [1.29, 1.82) is 0 Å². The zero-order valence-electron chi connectivity index (χ0n) is 23.7. The second-order valence-corrected chi connectivity index (χ2v) is 11.2. The van der Waals surface area contributed by atoms with Gasteiger partial charge in [-0.05, 0) is 73.0 Å². The van der Waals surface area contributed by atoms with Crippen molar-refractivity contribution < 1.29 is 19.0 Å². The summed E-state index contributed by atoms with van der Waals surface area (Å²) in [5, 5.41) is 4.92. The Morgan fingerprint density at radius 3 is 2.48 bits per heavy atom. The van der Waals surface area contributed by atoms with E-state index < -0.39 is 0 Å². The molecule has 0 unspecified atom stereocenters. The van der Waals surface area contributed by atoms with Crippen LogP contribution >= 0.6 is 24.0 Å². The summed E-state index contributed by atoms with van der Waals surface area (Å²) in [6.07, 6.45) is 6.17. The third-order valence-corrected chi connectivity index (χ3v) is 8.18. The van der Waals surface area contributed by atoms with Crippen LogP contribution in [0.4, 0.5) is 0 Å². The van der Waals surface area contributed by atoms with E-state index in [1.165, 1.54) is 11.8 Å². The average Bonchev–Trinajstić information content (AvgIpc) is 3.55. The van der Waals surface area contributed by atoms with Crippen LogP contribution in [0.15, 0.2) is 90.5 Å². The maximum absolute atomic E-state index is 13.5. The van der Waals surface area contributed by atoms with E-state index in [1.54, 1.807) is 25.2 Å². The number of carbonyl (C=O) groups excluding carboxylic acids is 1. The van der Waals surface area contributed by atoms with Crippen molar-refractivity contribution in [2.24, 2.45) is 0 Å². The topological polar surface area (TPSA) is 65.8 Å². The molecule has 1 aliphatic heterocycles. The molecule has 1 saturated heterocycles. The second kappa shape index (κ2) is 13.1. The summed E-state index contributed by atoms with van der Waals surface area (Å²) in [5.41, 5.74) is 5.42. The maximum Gasteiger partial charge on any atom is 0.266 e. The lowest BCUT2D eigenvalue weighted by atomic mass is 10.0. The Hall–Kier alpha value is -4.34. The number of aryl methyl sites for hydroxylation is 1. The van der Waals surface area contributed by atoms with Crippen molar-refractivity contribution in [2.75, 3.05) is 27.4 Å². The number of hydrogen-bond acceptors (Lipinski definition) is 7. The number of hydrogen-bond donors (Lipinski definition) is 0. The molecule has 7 nitrogen and oxygen atoms in total. The van der Waals surface area contributed by atoms with Crippen LogP contribution in [0.1, 0.15) is 16.7 Å².